The highest BCUT2D eigenvalue weighted by Gasteiger charge is 2.22. The molecule has 0 saturated carbocycles. The summed E-state index contributed by atoms with van der Waals surface area (Å²) in [6.45, 7) is 2.04. The molecule has 9 heteroatoms. The first-order chi connectivity index (χ1) is 16.6. The fraction of sp³-hybridized carbons (Fsp3) is 0.240. The van der Waals surface area contributed by atoms with Crippen molar-refractivity contribution in [3.05, 3.63) is 70.4 Å². The van der Waals surface area contributed by atoms with Crippen LogP contribution in [0.3, 0.4) is 0 Å². The molecule has 1 aliphatic carbocycles. The molecule has 0 saturated heterocycles. The quantitative estimate of drug-likeness (QED) is 0.377. The number of amides is 1. The Kier molecular flexibility index (Phi) is 6.43. The molecule has 170 valence electrons. The first-order valence-electron chi connectivity index (χ1n) is 11.0. The van der Waals surface area contributed by atoms with Gasteiger partial charge in [0.1, 0.15) is 11.1 Å². The second-order valence-electron chi connectivity index (χ2n) is 8.08. The maximum atomic E-state index is 12.8. The lowest BCUT2D eigenvalue weighted by Crippen LogP contribution is -2.14. The van der Waals surface area contributed by atoms with Crippen LogP contribution in [0, 0.1) is 18.3 Å². The molecule has 4 aromatic rings. The topological polar surface area (TPSA) is 96.5 Å². The number of thioether (sulfide) groups is 1. The summed E-state index contributed by atoms with van der Waals surface area (Å²) >= 11 is 2.86. The molecule has 0 bridgehead atoms. The Balaban J connectivity index is 1.38. The van der Waals surface area contributed by atoms with E-state index in [-0.39, 0.29) is 11.7 Å². The van der Waals surface area contributed by atoms with Gasteiger partial charge in [0.15, 0.2) is 11.0 Å². The number of carbonyl (C=O) groups is 1. The zero-order chi connectivity index (χ0) is 23.5. The lowest BCUT2D eigenvalue weighted by molar-refractivity contribution is -0.113. The van der Waals surface area contributed by atoms with Gasteiger partial charge < -0.3 is 5.32 Å². The lowest BCUT2D eigenvalue weighted by atomic mass is 9.96. The van der Waals surface area contributed by atoms with Gasteiger partial charge in [-0.25, -0.2) is 0 Å². The largest absolute Gasteiger partial charge is 0.316 e. The summed E-state index contributed by atoms with van der Waals surface area (Å²) in [7, 11) is 0. The van der Waals surface area contributed by atoms with Gasteiger partial charge in [0.05, 0.1) is 11.3 Å². The highest BCUT2D eigenvalue weighted by atomic mass is 32.2. The monoisotopic (exact) mass is 486 g/mol. The van der Waals surface area contributed by atoms with E-state index in [1.807, 2.05) is 47.9 Å². The van der Waals surface area contributed by atoms with Crippen molar-refractivity contribution in [1.82, 2.24) is 19.7 Å². The number of benzene rings is 1. The third kappa shape index (κ3) is 4.47. The molecule has 0 radical (unpaired) electrons. The Labute approximate surface area is 205 Å². The number of hydrogen-bond donors (Lipinski definition) is 1. The van der Waals surface area contributed by atoms with Gasteiger partial charge in [0, 0.05) is 28.5 Å². The van der Waals surface area contributed by atoms with E-state index in [9.17, 15) is 10.1 Å². The van der Waals surface area contributed by atoms with Crippen LogP contribution in [-0.2, 0) is 17.6 Å². The normalized spacial score (nSPS) is 12.7. The van der Waals surface area contributed by atoms with Crippen molar-refractivity contribution >= 4 is 34.0 Å². The summed E-state index contributed by atoms with van der Waals surface area (Å²) in [4.78, 5) is 18.2. The zero-order valence-corrected chi connectivity index (χ0v) is 20.2. The minimum atomic E-state index is -0.163. The van der Waals surface area contributed by atoms with E-state index < -0.39 is 0 Å². The number of aryl methyl sites for hydroxylation is 2. The van der Waals surface area contributed by atoms with Gasteiger partial charge in [-0.3, -0.25) is 14.3 Å². The highest BCUT2D eigenvalue weighted by molar-refractivity contribution is 7.99. The Morgan fingerprint density at radius 3 is 2.68 bits per heavy atom. The molecule has 34 heavy (non-hydrogen) atoms. The third-order valence-corrected chi connectivity index (χ3v) is 7.87. The van der Waals surface area contributed by atoms with Gasteiger partial charge in [-0.15, -0.1) is 21.5 Å². The van der Waals surface area contributed by atoms with Crippen molar-refractivity contribution in [2.75, 3.05) is 11.1 Å². The van der Waals surface area contributed by atoms with Crippen molar-refractivity contribution in [1.29, 1.82) is 5.26 Å². The van der Waals surface area contributed by atoms with E-state index >= 15 is 0 Å². The number of hydrogen-bond acceptors (Lipinski definition) is 7. The van der Waals surface area contributed by atoms with Crippen LogP contribution >= 0.6 is 23.1 Å². The van der Waals surface area contributed by atoms with Crippen molar-refractivity contribution < 1.29 is 4.79 Å². The van der Waals surface area contributed by atoms with Crippen LogP contribution in [0.1, 0.15) is 34.4 Å². The Bertz CT molecular complexity index is 1370. The second kappa shape index (κ2) is 9.79. The summed E-state index contributed by atoms with van der Waals surface area (Å²) in [5.41, 5.74) is 4.71. The number of rotatable bonds is 6. The number of nitrogens with zero attached hydrogens (tertiary/aromatic N) is 5. The standard InChI is InChI=1S/C25H22N6OS2/c1-16-6-8-18(9-7-16)31-23(17-10-12-27-13-11-17)29-30-25(31)33-15-22(32)28-24-20(14-26)19-4-2-3-5-21(19)34-24/h6-13H,2-5,15H2,1H3,(H,28,32). The van der Waals surface area contributed by atoms with Crippen LogP contribution in [0.5, 0.6) is 0 Å². The lowest BCUT2D eigenvalue weighted by Gasteiger charge is -2.11. The smallest absolute Gasteiger partial charge is 0.235 e. The molecule has 5 rings (SSSR count). The molecule has 1 aromatic carbocycles. The van der Waals surface area contributed by atoms with Crippen molar-refractivity contribution in [2.24, 2.45) is 0 Å². The predicted octanol–water partition coefficient (Wildman–Crippen LogP) is 5.18. The second-order valence-corrected chi connectivity index (χ2v) is 10.1. The Morgan fingerprint density at radius 1 is 1.15 bits per heavy atom. The van der Waals surface area contributed by atoms with Crippen LogP contribution in [0.2, 0.25) is 0 Å². The number of pyridine rings is 1. The van der Waals surface area contributed by atoms with Crippen molar-refractivity contribution in [3.63, 3.8) is 0 Å². The van der Waals surface area contributed by atoms with Crippen molar-refractivity contribution in [3.8, 4) is 23.1 Å². The highest BCUT2D eigenvalue weighted by Crippen LogP contribution is 2.38. The first kappa shape index (κ1) is 22.3. The van der Waals surface area contributed by atoms with Gasteiger partial charge in [-0.05, 0) is 62.4 Å². The van der Waals surface area contributed by atoms with Gasteiger partial charge in [0.2, 0.25) is 5.91 Å². The van der Waals surface area contributed by atoms with Crippen LogP contribution in [-0.4, -0.2) is 31.4 Å². The van der Waals surface area contributed by atoms with E-state index in [1.165, 1.54) is 28.0 Å². The Hall–Kier alpha value is -3.48. The molecule has 3 heterocycles. The van der Waals surface area contributed by atoms with Crippen LogP contribution in [0.25, 0.3) is 17.1 Å². The molecule has 3 aromatic heterocycles. The van der Waals surface area contributed by atoms with E-state index in [0.717, 1.165) is 48.1 Å². The van der Waals surface area contributed by atoms with Crippen LogP contribution < -0.4 is 5.32 Å². The van der Waals surface area contributed by atoms with E-state index in [2.05, 4.69) is 26.6 Å². The van der Waals surface area contributed by atoms with E-state index in [4.69, 9.17) is 0 Å². The molecule has 1 N–H and O–H groups in total. The molecule has 0 spiro atoms. The Morgan fingerprint density at radius 2 is 1.91 bits per heavy atom. The van der Waals surface area contributed by atoms with Gasteiger partial charge >= 0.3 is 0 Å². The summed E-state index contributed by atoms with van der Waals surface area (Å²) in [6, 6.07) is 14.2. The third-order valence-electron chi connectivity index (χ3n) is 5.73. The summed E-state index contributed by atoms with van der Waals surface area (Å²) in [5, 5.41) is 22.7. The predicted molar refractivity (Wildman–Crippen MR) is 134 cm³/mol. The minimum Gasteiger partial charge on any atom is -0.316 e. The maximum absolute atomic E-state index is 12.8. The van der Waals surface area contributed by atoms with Crippen LogP contribution in [0.4, 0.5) is 5.00 Å². The zero-order valence-electron chi connectivity index (χ0n) is 18.6. The molecular formula is C25H22N6OS2. The number of aromatic nitrogens is 4. The minimum absolute atomic E-state index is 0.160. The molecule has 0 fully saturated rings. The van der Waals surface area contributed by atoms with E-state index in [1.54, 1.807) is 12.4 Å². The molecule has 7 nitrogen and oxygen atoms in total. The summed E-state index contributed by atoms with van der Waals surface area (Å²) in [6.07, 6.45) is 7.56. The fourth-order valence-electron chi connectivity index (χ4n) is 4.04. The fourth-order valence-corrected chi connectivity index (χ4v) is 6.05. The van der Waals surface area contributed by atoms with Crippen molar-refractivity contribution in [2.45, 2.75) is 37.8 Å². The van der Waals surface area contributed by atoms with Gasteiger partial charge in [-0.2, -0.15) is 5.26 Å². The molecule has 1 aliphatic rings. The molecular weight excluding hydrogens is 464 g/mol. The molecule has 0 atom stereocenters. The van der Waals surface area contributed by atoms with Gasteiger partial charge in [-0.1, -0.05) is 29.5 Å². The number of nitrogens with one attached hydrogen (secondary N) is 1. The molecule has 0 unspecified atom stereocenters. The molecule has 1 amide bonds. The number of thiophene rings is 1. The van der Waals surface area contributed by atoms with Crippen LogP contribution in [0.15, 0.2) is 53.9 Å². The van der Waals surface area contributed by atoms with Gasteiger partial charge in [0.25, 0.3) is 0 Å². The number of fused-ring (bicyclic) bond motifs is 1. The number of anilines is 1. The average Bonchev–Trinajstić information content (AvgIpc) is 3.44. The molecule has 0 aliphatic heterocycles. The average molecular weight is 487 g/mol. The SMILES string of the molecule is Cc1ccc(-n2c(SCC(=O)Nc3sc4c(c3C#N)CCCC4)nnc2-c2ccncc2)cc1. The summed E-state index contributed by atoms with van der Waals surface area (Å²) < 4.78 is 1.96. The first-order valence-corrected chi connectivity index (χ1v) is 12.8. The van der Waals surface area contributed by atoms with E-state index in [0.29, 0.717) is 21.5 Å². The summed E-state index contributed by atoms with van der Waals surface area (Å²) in [5.74, 6) is 0.684. The number of carbonyl (C=O) groups excluding carboxylic acids is 1. The maximum Gasteiger partial charge on any atom is 0.235 e. The number of nitriles is 1.